The molecule has 8 heteroatoms. The Morgan fingerprint density at radius 3 is 2.59 bits per heavy atom. The number of nitrogens with one attached hydrogen (secondary N) is 1. The number of nitrogens with zero attached hydrogens (tertiary/aromatic N) is 3. The standard InChI is InChI=1S/C19H17BrN4O2S/c1-11-14(7-8-15(21-11)18(26)24(2)3)17(25)23-19-22-16(10-27-19)12-5-4-6-13(20)9-12/h4-10H,1-3H3,(H,22,23,25). The van der Waals surface area contributed by atoms with Gasteiger partial charge in [0.05, 0.1) is 17.0 Å². The van der Waals surface area contributed by atoms with Gasteiger partial charge >= 0.3 is 0 Å². The Hall–Kier alpha value is -2.58. The van der Waals surface area contributed by atoms with Gasteiger partial charge in [0.15, 0.2) is 5.13 Å². The van der Waals surface area contributed by atoms with Crippen LogP contribution in [0, 0.1) is 6.92 Å². The summed E-state index contributed by atoms with van der Waals surface area (Å²) >= 11 is 4.79. The molecule has 0 atom stereocenters. The van der Waals surface area contributed by atoms with Gasteiger partial charge in [0.25, 0.3) is 11.8 Å². The summed E-state index contributed by atoms with van der Waals surface area (Å²) in [5, 5.41) is 5.19. The third-order valence-electron chi connectivity index (χ3n) is 3.80. The van der Waals surface area contributed by atoms with Crippen LogP contribution in [0.1, 0.15) is 26.5 Å². The molecule has 0 bridgehead atoms. The van der Waals surface area contributed by atoms with Gasteiger partial charge in [-0.25, -0.2) is 9.97 Å². The average Bonchev–Trinajstić information content (AvgIpc) is 3.09. The number of benzene rings is 1. The van der Waals surface area contributed by atoms with Gasteiger partial charge in [-0.15, -0.1) is 11.3 Å². The van der Waals surface area contributed by atoms with Crippen molar-refractivity contribution in [1.29, 1.82) is 0 Å². The summed E-state index contributed by atoms with van der Waals surface area (Å²) in [6.45, 7) is 1.70. The maximum atomic E-state index is 12.6. The Bertz CT molecular complexity index is 1020. The van der Waals surface area contributed by atoms with E-state index in [1.807, 2.05) is 29.6 Å². The van der Waals surface area contributed by atoms with Gasteiger partial charge in [-0.3, -0.25) is 14.9 Å². The van der Waals surface area contributed by atoms with Crippen molar-refractivity contribution < 1.29 is 9.59 Å². The Morgan fingerprint density at radius 2 is 1.93 bits per heavy atom. The summed E-state index contributed by atoms with van der Waals surface area (Å²) in [6.07, 6.45) is 0. The zero-order chi connectivity index (χ0) is 19.6. The van der Waals surface area contributed by atoms with E-state index in [9.17, 15) is 9.59 Å². The number of hydrogen-bond donors (Lipinski definition) is 1. The number of aromatic nitrogens is 2. The molecule has 0 unspecified atom stereocenters. The number of anilines is 1. The van der Waals surface area contributed by atoms with Gasteiger partial charge in [-0.1, -0.05) is 28.1 Å². The fraction of sp³-hybridized carbons (Fsp3) is 0.158. The average molecular weight is 445 g/mol. The van der Waals surface area contributed by atoms with E-state index < -0.39 is 0 Å². The second kappa shape index (κ2) is 7.98. The van der Waals surface area contributed by atoms with E-state index in [1.165, 1.54) is 16.2 Å². The van der Waals surface area contributed by atoms with Gasteiger partial charge in [-0.2, -0.15) is 0 Å². The third kappa shape index (κ3) is 4.40. The van der Waals surface area contributed by atoms with Gasteiger partial charge in [0.2, 0.25) is 0 Å². The maximum absolute atomic E-state index is 12.6. The van der Waals surface area contributed by atoms with Crippen LogP contribution in [0.25, 0.3) is 11.3 Å². The highest BCUT2D eigenvalue weighted by molar-refractivity contribution is 9.10. The molecule has 0 saturated heterocycles. The van der Waals surface area contributed by atoms with Crippen molar-refractivity contribution in [1.82, 2.24) is 14.9 Å². The Morgan fingerprint density at radius 1 is 1.15 bits per heavy atom. The molecule has 2 aromatic heterocycles. The molecule has 0 aliphatic heterocycles. The molecule has 3 aromatic rings. The number of thiazole rings is 1. The molecule has 1 aromatic carbocycles. The predicted molar refractivity (Wildman–Crippen MR) is 110 cm³/mol. The molecule has 0 spiro atoms. The number of carbonyl (C=O) groups excluding carboxylic acids is 2. The first-order valence-electron chi connectivity index (χ1n) is 8.07. The van der Waals surface area contributed by atoms with Crippen LogP contribution in [0.3, 0.4) is 0 Å². The molecule has 6 nitrogen and oxygen atoms in total. The second-order valence-electron chi connectivity index (χ2n) is 6.03. The summed E-state index contributed by atoms with van der Waals surface area (Å²) in [4.78, 5) is 34.7. The molecule has 138 valence electrons. The molecule has 3 rings (SSSR count). The maximum Gasteiger partial charge on any atom is 0.271 e. The first kappa shape index (κ1) is 19.2. The highest BCUT2D eigenvalue weighted by Crippen LogP contribution is 2.27. The molecule has 0 radical (unpaired) electrons. The highest BCUT2D eigenvalue weighted by atomic mass is 79.9. The highest BCUT2D eigenvalue weighted by Gasteiger charge is 2.16. The second-order valence-corrected chi connectivity index (χ2v) is 7.81. The summed E-state index contributed by atoms with van der Waals surface area (Å²) < 4.78 is 0.965. The molecule has 0 saturated carbocycles. The van der Waals surface area contributed by atoms with Crippen molar-refractivity contribution in [2.24, 2.45) is 0 Å². The monoisotopic (exact) mass is 444 g/mol. The van der Waals surface area contributed by atoms with E-state index in [1.54, 1.807) is 33.2 Å². The lowest BCUT2D eigenvalue weighted by Gasteiger charge is -2.11. The van der Waals surface area contributed by atoms with Crippen LogP contribution in [-0.2, 0) is 0 Å². The first-order valence-corrected chi connectivity index (χ1v) is 9.74. The van der Waals surface area contributed by atoms with E-state index in [2.05, 4.69) is 31.2 Å². The number of pyridine rings is 1. The van der Waals surface area contributed by atoms with Crippen molar-refractivity contribution in [2.75, 3.05) is 19.4 Å². The smallest absolute Gasteiger partial charge is 0.271 e. The molecule has 27 heavy (non-hydrogen) atoms. The summed E-state index contributed by atoms with van der Waals surface area (Å²) in [5.41, 5.74) is 2.96. The molecular weight excluding hydrogens is 428 g/mol. The number of amides is 2. The molecular formula is C19H17BrN4O2S. The van der Waals surface area contributed by atoms with Gasteiger partial charge < -0.3 is 4.90 Å². The fourth-order valence-corrected chi connectivity index (χ4v) is 3.54. The lowest BCUT2D eigenvalue weighted by atomic mass is 10.1. The predicted octanol–water partition coefficient (Wildman–Crippen LogP) is 4.23. The summed E-state index contributed by atoms with van der Waals surface area (Å²) in [7, 11) is 3.32. The van der Waals surface area contributed by atoms with E-state index in [0.717, 1.165) is 15.7 Å². The summed E-state index contributed by atoms with van der Waals surface area (Å²) in [5.74, 6) is -0.511. The lowest BCUT2D eigenvalue weighted by Crippen LogP contribution is -2.23. The Labute approximate surface area is 169 Å². The van der Waals surface area contributed by atoms with Crippen LogP contribution in [0.5, 0.6) is 0 Å². The number of rotatable bonds is 4. The largest absolute Gasteiger partial charge is 0.343 e. The molecule has 0 fully saturated rings. The van der Waals surface area contributed by atoms with Crippen LogP contribution in [-0.4, -0.2) is 40.8 Å². The number of hydrogen-bond acceptors (Lipinski definition) is 5. The van der Waals surface area contributed by atoms with Crippen LogP contribution in [0.2, 0.25) is 0 Å². The minimum Gasteiger partial charge on any atom is -0.343 e. The van der Waals surface area contributed by atoms with Crippen molar-refractivity contribution >= 4 is 44.2 Å². The van der Waals surface area contributed by atoms with Gasteiger partial charge in [-0.05, 0) is 31.2 Å². The third-order valence-corrected chi connectivity index (χ3v) is 5.05. The van der Waals surface area contributed by atoms with Gasteiger partial charge in [0, 0.05) is 29.5 Å². The van der Waals surface area contributed by atoms with Gasteiger partial charge in [0.1, 0.15) is 5.69 Å². The van der Waals surface area contributed by atoms with E-state index in [-0.39, 0.29) is 11.8 Å². The molecule has 2 heterocycles. The Kier molecular flexibility index (Phi) is 5.67. The van der Waals surface area contributed by atoms with Crippen molar-refractivity contribution in [3.8, 4) is 11.3 Å². The minimum absolute atomic E-state index is 0.205. The van der Waals surface area contributed by atoms with Crippen LogP contribution >= 0.6 is 27.3 Å². The van der Waals surface area contributed by atoms with Crippen molar-refractivity contribution in [3.63, 3.8) is 0 Å². The fourth-order valence-electron chi connectivity index (χ4n) is 2.43. The van der Waals surface area contributed by atoms with Crippen LogP contribution < -0.4 is 5.32 Å². The zero-order valence-electron chi connectivity index (χ0n) is 15.0. The van der Waals surface area contributed by atoms with Crippen LogP contribution in [0.15, 0.2) is 46.3 Å². The number of carbonyl (C=O) groups is 2. The molecule has 0 aliphatic carbocycles. The van der Waals surface area contributed by atoms with E-state index in [4.69, 9.17) is 0 Å². The lowest BCUT2D eigenvalue weighted by molar-refractivity contribution is 0.0821. The molecule has 1 N–H and O–H groups in total. The van der Waals surface area contributed by atoms with E-state index in [0.29, 0.717) is 22.1 Å². The molecule has 0 aliphatic rings. The quantitative estimate of drug-likeness (QED) is 0.652. The Balaban J connectivity index is 1.77. The summed E-state index contributed by atoms with van der Waals surface area (Å²) in [6, 6.07) is 11.0. The number of aryl methyl sites for hydroxylation is 1. The van der Waals surface area contributed by atoms with Crippen LogP contribution in [0.4, 0.5) is 5.13 Å². The van der Waals surface area contributed by atoms with Crippen molar-refractivity contribution in [2.45, 2.75) is 6.92 Å². The topological polar surface area (TPSA) is 75.2 Å². The minimum atomic E-state index is -0.306. The number of halogens is 1. The zero-order valence-corrected chi connectivity index (χ0v) is 17.4. The molecule has 2 amide bonds. The van der Waals surface area contributed by atoms with Crippen molar-refractivity contribution in [3.05, 3.63) is 63.2 Å². The van der Waals surface area contributed by atoms with E-state index >= 15 is 0 Å². The first-order chi connectivity index (χ1) is 12.8. The SMILES string of the molecule is Cc1nc(C(=O)N(C)C)ccc1C(=O)Nc1nc(-c2cccc(Br)c2)cs1. The normalized spacial score (nSPS) is 10.5.